The average molecular weight is 175 g/mol. The van der Waals surface area contributed by atoms with Crippen LogP contribution < -0.4 is 0 Å². The Labute approximate surface area is 72.8 Å². The molecular formula is C8H17NO3. The predicted octanol–water partition coefficient (Wildman–Crippen LogP) is -0.403. The molecule has 0 fully saturated rings. The maximum absolute atomic E-state index is 11.3. The number of nitrogens with zero attached hydrogens (tertiary/aromatic N) is 1. The number of hydrogen-bond donors (Lipinski definition) is 2. The van der Waals surface area contributed by atoms with E-state index in [0.29, 0.717) is 0 Å². The molecule has 0 radical (unpaired) electrons. The minimum Gasteiger partial charge on any atom is -0.394 e. The summed E-state index contributed by atoms with van der Waals surface area (Å²) in [5.74, 6) is -0.385. The summed E-state index contributed by atoms with van der Waals surface area (Å²) < 4.78 is 0. The van der Waals surface area contributed by atoms with Crippen LogP contribution in [-0.2, 0) is 4.79 Å². The molecule has 4 heteroatoms. The van der Waals surface area contributed by atoms with E-state index in [4.69, 9.17) is 5.11 Å². The van der Waals surface area contributed by atoms with Crippen LogP contribution >= 0.6 is 0 Å². The van der Waals surface area contributed by atoms with Crippen molar-refractivity contribution >= 4 is 5.91 Å². The van der Waals surface area contributed by atoms with Crippen LogP contribution in [0.5, 0.6) is 0 Å². The lowest BCUT2D eigenvalue weighted by atomic mass is 10.1. The van der Waals surface area contributed by atoms with Crippen LogP contribution in [0.15, 0.2) is 0 Å². The van der Waals surface area contributed by atoms with Gasteiger partial charge in [0.2, 0.25) is 0 Å². The Hall–Kier alpha value is -0.610. The molecule has 0 aromatic carbocycles. The maximum atomic E-state index is 11.3. The molecule has 0 saturated carbocycles. The second-order valence-electron chi connectivity index (χ2n) is 3.51. The van der Waals surface area contributed by atoms with Crippen molar-refractivity contribution < 1.29 is 15.0 Å². The van der Waals surface area contributed by atoms with Crippen molar-refractivity contribution in [2.24, 2.45) is 0 Å². The first-order chi connectivity index (χ1) is 5.30. The number of aliphatic hydroxyl groups excluding tert-OH is 1. The fourth-order valence-corrected chi connectivity index (χ4v) is 0.754. The molecule has 1 atom stereocenters. The minimum atomic E-state index is -1.36. The fraction of sp³-hybridized carbons (Fsp3) is 0.875. The molecular weight excluding hydrogens is 158 g/mol. The van der Waals surface area contributed by atoms with Crippen molar-refractivity contribution in [3.8, 4) is 0 Å². The molecule has 12 heavy (non-hydrogen) atoms. The van der Waals surface area contributed by atoms with Crippen LogP contribution in [0.1, 0.15) is 20.8 Å². The van der Waals surface area contributed by atoms with Crippen LogP contribution in [0.3, 0.4) is 0 Å². The molecule has 0 aromatic heterocycles. The molecule has 0 spiro atoms. The third-order valence-electron chi connectivity index (χ3n) is 1.77. The fourth-order valence-electron chi connectivity index (χ4n) is 0.754. The number of carbonyl (C=O) groups is 1. The van der Waals surface area contributed by atoms with Gasteiger partial charge in [0.15, 0.2) is 0 Å². The number of rotatable bonds is 3. The normalized spacial score (nSPS) is 14.2. The van der Waals surface area contributed by atoms with E-state index in [1.165, 1.54) is 18.7 Å². The van der Waals surface area contributed by atoms with Crippen LogP contribution in [0.2, 0.25) is 0 Å². The molecule has 0 rings (SSSR count). The summed E-state index contributed by atoms with van der Waals surface area (Å²) in [7, 11) is 1.56. The van der Waals surface area contributed by atoms with Crippen molar-refractivity contribution in [1.82, 2.24) is 4.90 Å². The molecule has 1 unspecified atom stereocenters. The maximum Gasteiger partial charge on any atom is 0.254 e. The third-order valence-corrected chi connectivity index (χ3v) is 1.77. The van der Waals surface area contributed by atoms with Gasteiger partial charge in [-0.2, -0.15) is 0 Å². The Bertz CT molecular complexity index is 162. The quantitative estimate of drug-likeness (QED) is 0.613. The van der Waals surface area contributed by atoms with E-state index in [-0.39, 0.29) is 18.6 Å². The Kier molecular flexibility index (Phi) is 3.67. The van der Waals surface area contributed by atoms with Crippen molar-refractivity contribution in [3.05, 3.63) is 0 Å². The lowest BCUT2D eigenvalue weighted by Crippen LogP contribution is -2.47. The number of carbonyl (C=O) groups excluding carboxylic acids is 1. The second kappa shape index (κ2) is 3.87. The molecule has 0 saturated heterocycles. The molecule has 0 aliphatic heterocycles. The van der Waals surface area contributed by atoms with Crippen LogP contribution in [0.25, 0.3) is 0 Å². The molecule has 72 valence electrons. The van der Waals surface area contributed by atoms with Gasteiger partial charge in [-0.3, -0.25) is 4.79 Å². The zero-order valence-electron chi connectivity index (χ0n) is 8.03. The summed E-state index contributed by atoms with van der Waals surface area (Å²) in [6.45, 7) is 4.47. The summed E-state index contributed by atoms with van der Waals surface area (Å²) >= 11 is 0. The van der Waals surface area contributed by atoms with E-state index in [0.717, 1.165) is 0 Å². The Morgan fingerprint density at radius 3 is 2.25 bits per heavy atom. The van der Waals surface area contributed by atoms with E-state index >= 15 is 0 Å². The molecule has 0 aliphatic rings. The SMILES string of the molecule is CC(CO)N(C)C(=O)C(C)(C)O. The molecule has 4 nitrogen and oxygen atoms in total. The van der Waals surface area contributed by atoms with Gasteiger partial charge in [-0.15, -0.1) is 0 Å². The Morgan fingerprint density at radius 2 is 2.00 bits per heavy atom. The van der Waals surface area contributed by atoms with E-state index < -0.39 is 5.60 Å². The minimum absolute atomic E-state index is 0.0989. The number of amides is 1. The first-order valence-corrected chi connectivity index (χ1v) is 3.91. The van der Waals surface area contributed by atoms with E-state index in [9.17, 15) is 9.90 Å². The first-order valence-electron chi connectivity index (χ1n) is 3.91. The van der Waals surface area contributed by atoms with Gasteiger partial charge >= 0.3 is 0 Å². The van der Waals surface area contributed by atoms with Gasteiger partial charge in [-0.1, -0.05) is 0 Å². The van der Waals surface area contributed by atoms with E-state index in [1.807, 2.05) is 0 Å². The molecule has 1 amide bonds. The average Bonchev–Trinajstić information content (AvgIpc) is 1.98. The number of aliphatic hydroxyl groups is 2. The van der Waals surface area contributed by atoms with Crippen molar-refractivity contribution in [3.63, 3.8) is 0 Å². The van der Waals surface area contributed by atoms with Gasteiger partial charge in [-0.05, 0) is 20.8 Å². The highest BCUT2D eigenvalue weighted by molar-refractivity contribution is 5.84. The number of likely N-dealkylation sites (N-methyl/N-ethyl adjacent to an activating group) is 1. The molecule has 0 aliphatic carbocycles. The summed E-state index contributed by atoms with van der Waals surface area (Å²) in [4.78, 5) is 12.7. The van der Waals surface area contributed by atoms with E-state index in [1.54, 1.807) is 14.0 Å². The third kappa shape index (κ3) is 2.79. The van der Waals surface area contributed by atoms with Gasteiger partial charge in [0.1, 0.15) is 5.60 Å². The Balaban J connectivity index is 4.30. The molecule has 0 heterocycles. The lowest BCUT2D eigenvalue weighted by molar-refractivity contribution is -0.149. The topological polar surface area (TPSA) is 60.8 Å². The highest BCUT2D eigenvalue weighted by Crippen LogP contribution is 2.08. The monoisotopic (exact) mass is 175 g/mol. The van der Waals surface area contributed by atoms with Crippen LogP contribution in [-0.4, -0.2) is 46.3 Å². The van der Waals surface area contributed by atoms with Gasteiger partial charge < -0.3 is 15.1 Å². The highest BCUT2D eigenvalue weighted by Gasteiger charge is 2.29. The van der Waals surface area contributed by atoms with Gasteiger partial charge in [0.25, 0.3) is 5.91 Å². The van der Waals surface area contributed by atoms with Gasteiger partial charge in [0, 0.05) is 7.05 Å². The molecule has 0 aromatic rings. The lowest BCUT2D eigenvalue weighted by Gasteiger charge is -2.28. The molecule has 0 bridgehead atoms. The van der Waals surface area contributed by atoms with Gasteiger partial charge in [-0.25, -0.2) is 0 Å². The second-order valence-corrected chi connectivity index (χ2v) is 3.51. The molecule has 2 N–H and O–H groups in total. The first kappa shape index (κ1) is 11.4. The summed E-state index contributed by atoms with van der Waals surface area (Å²) in [5, 5.41) is 18.1. The van der Waals surface area contributed by atoms with Crippen molar-refractivity contribution in [2.45, 2.75) is 32.4 Å². The number of hydrogen-bond acceptors (Lipinski definition) is 3. The highest BCUT2D eigenvalue weighted by atomic mass is 16.3. The zero-order valence-corrected chi connectivity index (χ0v) is 8.03. The van der Waals surface area contributed by atoms with Crippen molar-refractivity contribution in [1.29, 1.82) is 0 Å². The smallest absolute Gasteiger partial charge is 0.254 e. The van der Waals surface area contributed by atoms with Gasteiger partial charge in [0.05, 0.1) is 12.6 Å². The van der Waals surface area contributed by atoms with Crippen LogP contribution in [0, 0.1) is 0 Å². The summed E-state index contributed by atoms with van der Waals surface area (Å²) in [6.07, 6.45) is 0. The largest absolute Gasteiger partial charge is 0.394 e. The van der Waals surface area contributed by atoms with Crippen LogP contribution in [0.4, 0.5) is 0 Å². The Morgan fingerprint density at radius 1 is 1.58 bits per heavy atom. The van der Waals surface area contributed by atoms with E-state index in [2.05, 4.69) is 0 Å². The summed E-state index contributed by atoms with van der Waals surface area (Å²) in [6, 6.07) is -0.260. The van der Waals surface area contributed by atoms with Crippen molar-refractivity contribution in [2.75, 3.05) is 13.7 Å². The predicted molar refractivity (Wildman–Crippen MR) is 45.6 cm³/mol. The zero-order chi connectivity index (χ0) is 9.94. The summed E-state index contributed by atoms with van der Waals surface area (Å²) in [5.41, 5.74) is -1.36. The standard InChI is InChI=1S/C8H17NO3/c1-6(5-10)9(4)7(11)8(2,3)12/h6,10,12H,5H2,1-4H3.